The van der Waals surface area contributed by atoms with Gasteiger partial charge in [0.25, 0.3) is 5.91 Å². The number of nitrogens with one attached hydrogen (secondary N) is 1. The van der Waals surface area contributed by atoms with Crippen molar-refractivity contribution in [3.63, 3.8) is 0 Å². The van der Waals surface area contributed by atoms with E-state index in [9.17, 15) is 38.1 Å². The van der Waals surface area contributed by atoms with Gasteiger partial charge in [0.1, 0.15) is 22.8 Å². The van der Waals surface area contributed by atoms with E-state index in [1.807, 2.05) is 0 Å². The van der Waals surface area contributed by atoms with Crippen molar-refractivity contribution >= 4 is 33.2 Å². The van der Waals surface area contributed by atoms with Gasteiger partial charge in [0.15, 0.2) is 11.6 Å². The number of aliphatic hydroxyl groups excluding tert-OH is 2. The van der Waals surface area contributed by atoms with Crippen LogP contribution in [0.25, 0.3) is 11.1 Å². The van der Waals surface area contributed by atoms with Gasteiger partial charge < -0.3 is 21.1 Å². The number of aliphatic hydroxyl groups is 2. The molecule has 11 heteroatoms. The summed E-state index contributed by atoms with van der Waals surface area (Å²) < 4.78 is 25.4. The Kier molecular flexibility index (Phi) is 5.63. The van der Waals surface area contributed by atoms with Crippen LogP contribution in [0.2, 0.25) is 0 Å². The van der Waals surface area contributed by atoms with Crippen LogP contribution in [0.15, 0.2) is 59.1 Å². The molecule has 10 nitrogen and oxygen atoms in total. The van der Waals surface area contributed by atoms with E-state index < -0.39 is 62.3 Å². The topological polar surface area (TPSA) is 184 Å². The maximum absolute atomic E-state index is 13.6. The van der Waals surface area contributed by atoms with Crippen LogP contribution in [-0.4, -0.2) is 47.5 Å². The molecule has 0 aliphatic heterocycles. The summed E-state index contributed by atoms with van der Waals surface area (Å²) in [7, 11) is -3.45. The summed E-state index contributed by atoms with van der Waals surface area (Å²) in [4.78, 5) is 38.3. The minimum absolute atomic E-state index is 0.0175. The molecule has 0 radical (unpaired) electrons. The monoisotopic (exact) mass is 524 g/mol. The zero-order valence-electron chi connectivity index (χ0n) is 19.7. The van der Waals surface area contributed by atoms with Gasteiger partial charge in [-0.05, 0) is 59.6 Å². The molecule has 0 saturated carbocycles. The quantitative estimate of drug-likeness (QED) is 0.378. The number of Topliss-reactive ketones (excluding diaryl/α,β-unsaturated/α-hetero) is 2. The van der Waals surface area contributed by atoms with Crippen molar-refractivity contribution in [3.05, 3.63) is 70.2 Å². The van der Waals surface area contributed by atoms with Crippen LogP contribution in [0.5, 0.6) is 5.75 Å². The number of sulfonamides is 1. The number of rotatable bonds is 4. The SMILES string of the molecule is CS(=O)(=O)Nc1ccc(-c2ccc(O)c3c2C[C@H]2C[C@H]4CC(O)=C(C(N)=O)C(=O)C4C(O)=C2C3=O)cc1. The minimum atomic E-state index is -3.45. The number of fused-ring (bicyclic) bond motifs is 3. The number of carbonyl (C=O) groups excluding carboxylic acids is 3. The molecular weight excluding hydrogens is 500 g/mol. The molecule has 1 unspecified atom stereocenters. The number of hydrogen-bond acceptors (Lipinski definition) is 8. The molecule has 0 saturated heterocycles. The predicted octanol–water partition coefficient (Wildman–Crippen LogP) is 2.50. The third kappa shape index (κ3) is 4.05. The van der Waals surface area contributed by atoms with Crippen molar-refractivity contribution < 1.29 is 38.1 Å². The van der Waals surface area contributed by atoms with Crippen molar-refractivity contribution in [1.82, 2.24) is 0 Å². The highest BCUT2D eigenvalue weighted by Crippen LogP contribution is 2.50. The van der Waals surface area contributed by atoms with E-state index in [-0.39, 0.29) is 29.7 Å². The number of nitrogens with two attached hydrogens (primary N) is 1. The van der Waals surface area contributed by atoms with Gasteiger partial charge in [-0.15, -0.1) is 0 Å². The highest BCUT2D eigenvalue weighted by molar-refractivity contribution is 7.92. The van der Waals surface area contributed by atoms with Gasteiger partial charge in [-0.1, -0.05) is 18.2 Å². The largest absolute Gasteiger partial charge is 0.511 e. The van der Waals surface area contributed by atoms with Crippen molar-refractivity contribution in [2.45, 2.75) is 19.3 Å². The van der Waals surface area contributed by atoms with Crippen molar-refractivity contribution in [1.29, 1.82) is 0 Å². The molecule has 5 rings (SSSR count). The van der Waals surface area contributed by atoms with Crippen LogP contribution in [-0.2, 0) is 26.0 Å². The summed E-state index contributed by atoms with van der Waals surface area (Å²) in [5, 5.41) is 32.0. The number of phenolic OH excluding ortho intramolecular Hbond substituents is 1. The molecule has 3 atom stereocenters. The van der Waals surface area contributed by atoms with Crippen LogP contribution >= 0.6 is 0 Å². The van der Waals surface area contributed by atoms with Gasteiger partial charge in [-0.2, -0.15) is 0 Å². The molecule has 3 aliphatic carbocycles. The first-order valence-corrected chi connectivity index (χ1v) is 13.4. The van der Waals surface area contributed by atoms with E-state index in [1.54, 1.807) is 30.3 Å². The summed E-state index contributed by atoms with van der Waals surface area (Å²) in [6.45, 7) is 0. The summed E-state index contributed by atoms with van der Waals surface area (Å²) >= 11 is 0. The van der Waals surface area contributed by atoms with E-state index in [0.717, 1.165) is 6.26 Å². The van der Waals surface area contributed by atoms with Crippen LogP contribution in [0, 0.1) is 17.8 Å². The summed E-state index contributed by atoms with van der Waals surface area (Å²) in [6, 6.07) is 9.59. The number of benzene rings is 2. The minimum Gasteiger partial charge on any atom is -0.511 e. The van der Waals surface area contributed by atoms with Crippen LogP contribution < -0.4 is 10.5 Å². The van der Waals surface area contributed by atoms with E-state index >= 15 is 0 Å². The Labute approximate surface area is 212 Å². The number of allylic oxidation sites excluding steroid dienone is 3. The highest BCUT2D eigenvalue weighted by atomic mass is 32.2. The molecule has 0 bridgehead atoms. The van der Waals surface area contributed by atoms with Crippen molar-refractivity contribution in [2.24, 2.45) is 23.5 Å². The maximum Gasteiger partial charge on any atom is 0.255 e. The number of anilines is 1. The Morgan fingerprint density at radius 1 is 1.03 bits per heavy atom. The molecule has 2 aromatic carbocycles. The number of ketones is 2. The number of carbonyl (C=O) groups is 3. The van der Waals surface area contributed by atoms with Crippen molar-refractivity contribution in [3.8, 4) is 16.9 Å². The Hall–Kier alpha value is -4.12. The highest BCUT2D eigenvalue weighted by Gasteiger charge is 2.50. The van der Waals surface area contributed by atoms with Gasteiger partial charge >= 0.3 is 0 Å². The predicted molar refractivity (Wildman–Crippen MR) is 133 cm³/mol. The molecule has 0 heterocycles. The van der Waals surface area contributed by atoms with Gasteiger partial charge in [0, 0.05) is 17.7 Å². The molecular formula is C26H24N2O8S. The second-order valence-electron chi connectivity index (χ2n) is 9.69. The normalized spacial score (nSPS) is 23.3. The fraction of sp³-hybridized carbons (Fsp3) is 0.269. The van der Waals surface area contributed by atoms with Gasteiger partial charge in [-0.25, -0.2) is 8.42 Å². The Bertz CT molecular complexity index is 1550. The fourth-order valence-electron chi connectivity index (χ4n) is 5.84. The van der Waals surface area contributed by atoms with Crippen molar-refractivity contribution in [2.75, 3.05) is 11.0 Å². The molecule has 1 amide bonds. The lowest BCUT2D eigenvalue weighted by atomic mass is 9.62. The Balaban J connectivity index is 1.58. The van der Waals surface area contributed by atoms with Gasteiger partial charge in [-0.3, -0.25) is 19.1 Å². The van der Waals surface area contributed by atoms with E-state index in [4.69, 9.17) is 5.73 Å². The first-order valence-electron chi connectivity index (χ1n) is 11.5. The molecule has 192 valence electrons. The van der Waals surface area contributed by atoms with Crippen LogP contribution in [0.4, 0.5) is 5.69 Å². The molecule has 6 N–H and O–H groups in total. The summed E-state index contributed by atoms with van der Waals surface area (Å²) in [6.07, 6.45) is 1.58. The standard InChI is InChI=1S/C26H24N2O8S/c1-37(35,36)28-14-4-2-11(3-5-14)15-6-7-17(29)21-16(15)9-12-8-13-10-18(30)22(26(27)34)25(33)20(13)23(31)19(12)24(21)32/h2-7,12-13,20,28-31H,8-10H2,1H3,(H2,27,34)/t12-,13+,20?/m1/s1. The molecule has 0 spiro atoms. The number of hydrogen-bond donors (Lipinski definition) is 5. The van der Waals surface area contributed by atoms with Crippen LogP contribution in [0.3, 0.4) is 0 Å². The second-order valence-corrected chi connectivity index (χ2v) is 11.4. The molecule has 2 aromatic rings. The zero-order valence-corrected chi connectivity index (χ0v) is 20.5. The van der Waals surface area contributed by atoms with E-state index in [2.05, 4.69) is 4.72 Å². The average Bonchev–Trinajstić information content (AvgIpc) is 2.78. The number of amides is 1. The Morgan fingerprint density at radius 3 is 2.32 bits per heavy atom. The molecule has 37 heavy (non-hydrogen) atoms. The lowest BCUT2D eigenvalue weighted by molar-refractivity contribution is -0.126. The van der Waals surface area contributed by atoms with Gasteiger partial charge in [0.05, 0.1) is 17.7 Å². The maximum atomic E-state index is 13.6. The van der Waals surface area contributed by atoms with Crippen LogP contribution in [0.1, 0.15) is 28.8 Å². The fourth-order valence-corrected chi connectivity index (χ4v) is 6.41. The number of aromatic hydroxyl groups is 1. The summed E-state index contributed by atoms with van der Waals surface area (Å²) in [5.74, 6) is -5.84. The summed E-state index contributed by atoms with van der Waals surface area (Å²) in [5.41, 5.74) is 7.02. The lowest BCUT2D eigenvalue weighted by Gasteiger charge is -2.41. The van der Waals surface area contributed by atoms with E-state index in [1.165, 1.54) is 6.07 Å². The molecule has 3 aliphatic rings. The Morgan fingerprint density at radius 2 is 1.70 bits per heavy atom. The first kappa shape index (κ1) is 24.6. The third-order valence-electron chi connectivity index (χ3n) is 7.27. The molecule has 0 fully saturated rings. The smallest absolute Gasteiger partial charge is 0.255 e. The molecule has 0 aromatic heterocycles. The average molecular weight is 525 g/mol. The number of primary amides is 1. The van der Waals surface area contributed by atoms with Gasteiger partial charge in [0.2, 0.25) is 10.0 Å². The first-order chi connectivity index (χ1) is 17.4. The number of phenols is 1. The van der Waals surface area contributed by atoms with E-state index in [0.29, 0.717) is 28.8 Å². The third-order valence-corrected chi connectivity index (χ3v) is 7.88. The lowest BCUT2D eigenvalue weighted by Crippen LogP contribution is -2.43. The zero-order chi connectivity index (χ0) is 26.8. The second kappa shape index (κ2) is 8.48.